The van der Waals surface area contributed by atoms with Gasteiger partial charge in [0.2, 0.25) is 0 Å². The van der Waals surface area contributed by atoms with Gasteiger partial charge in [-0.2, -0.15) is 0 Å². The van der Waals surface area contributed by atoms with Crippen LogP contribution in [0.3, 0.4) is 0 Å². The standard InChI is InChI=1S/C15H23NO/c1-11(17)10-16-14-9-13(15(14,2)3)12-7-5-4-6-8-12/h4-8,11,13-14,16-17H,9-10H2,1-3H3/t11-,13-,14-/m0/s1. The van der Waals surface area contributed by atoms with Crippen LogP contribution < -0.4 is 5.32 Å². The lowest BCUT2D eigenvalue weighted by molar-refractivity contribution is 0.0579. The number of aliphatic hydroxyl groups excluding tert-OH is 1. The fraction of sp³-hybridized carbons (Fsp3) is 0.600. The number of aliphatic hydroxyl groups is 1. The number of hydrogen-bond acceptors (Lipinski definition) is 2. The molecule has 0 heterocycles. The van der Waals surface area contributed by atoms with Crippen LogP contribution in [0.4, 0.5) is 0 Å². The van der Waals surface area contributed by atoms with E-state index in [0.29, 0.717) is 18.5 Å². The van der Waals surface area contributed by atoms with Crippen molar-refractivity contribution in [3.8, 4) is 0 Å². The first-order valence-corrected chi connectivity index (χ1v) is 6.48. The molecule has 0 aliphatic heterocycles. The van der Waals surface area contributed by atoms with Gasteiger partial charge in [-0.1, -0.05) is 44.2 Å². The molecule has 0 saturated heterocycles. The van der Waals surface area contributed by atoms with Gasteiger partial charge in [0.05, 0.1) is 6.10 Å². The van der Waals surface area contributed by atoms with Crippen LogP contribution in [0, 0.1) is 5.41 Å². The summed E-state index contributed by atoms with van der Waals surface area (Å²) in [5, 5.41) is 12.8. The fourth-order valence-corrected chi connectivity index (χ4v) is 2.84. The summed E-state index contributed by atoms with van der Waals surface area (Å²) in [5.74, 6) is 0.634. The summed E-state index contributed by atoms with van der Waals surface area (Å²) < 4.78 is 0. The monoisotopic (exact) mass is 233 g/mol. The summed E-state index contributed by atoms with van der Waals surface area (Å²) in [6.07, 6.45) is 0.908. The molecule has 0 amide bonds. The maximum absolute atomic E-state index is 9.31. The van der Waals surface area contributed by atoms with Crippen molar-refractivity contribution in [2.75, 3.05) is 6.54 Å². The van der Waals surface area contributed by atoms with E-state index in [4.69, 9.17) is 0 Å². The summed E-state index contributed by atoms with van der Waals surface area (Å²) in [4.78, 5) is 0. The normalized spacial score (nSPS) is 28.5. The highest BCUT2D eigenvalue weighted by molar-refractivity contribution is 5.27. The molecular formula is C15H23NO. The molecule has 0 radical (unpaired) electrons. The molecular weight excluding hydrogens is 210 g/mol. The topological polar surface area (TPSA) is 32.3 Å². The van der Waals surface area contributed by atoms with Gasteiger partial charge >= 0.3 is 0 Å². The molecule has 17 heavy (non-hydrogen) atoms. The lowest BCUT2D eigenvalue weighted by atomic mass is 9.56. The summed E-state index contributed by atoms with van der Waals surface area (Å²) in [6, 6.07) is 11.2. The zero-order valence-corrected chi connectivity index (χ0v) is 11.0. The minimum atomic E-state index is -0.262. The van der Waals surface area contributed by atoms with Gasteiger partial charge in [-0.25, -0.2) is 0 Å². The van der Waals surface area contributed by atoms with E-state index in [1.807, 2.05) is 6.92 Å². The van der Waals surface area contributed by atoms with E-state index in [1.165, 1.54) is 12.0 Å². The molecule has 94 valence electrons. The van der Waals surface area contributed by atoms with Gasteiger partial charge in [0.25, 0.3) is 0 Å². The van der Waals surface area contributed by atoms with Crippen molar-refractivity contribution in [2.24, 2.45) is 5.41 Å². The maximum Gasteiger partial charge on any atom is 0.0636 e. The molecule has 2 rings (SSSR count). The molecule has 0 bridgehead atoms. The van der Waals surface area contributed by atoms with Crippen molar-refractivity contribution in [3.05, 3.63) is 35.9 Å². The molecule has 0 aromatic heterocycles. The third-order valence-electron chi connectivity index (χ3n) is 4.13. The SMILES string of the molecule is C[C@H](O)CN[C@H]1C[C@@H](c2ccccc2)C1(C)C. The molecule has 1 aromatic rings. The van der Waals surface area contributed by atoms with E-state index in [0.717, 1.165) is 0 Å². The Balaban J connectivity index is 1.98. The second kappa shape index (κ2) is 4.79. The second-order valence-corrected chi connectivity index (χ2v) is 5.83. The maximum atomic E-state index is 9.31. The molecule has 1 aromatic carbocycles. The van der Waals surface area contributed by atoms with Gasteiger partial charge in [0, 0.05) is 12.6 Å². The van der Waals surface area contributed by atoms with Crippen molar-refractivity contribution >= 4 is 0 Å². The number of rotatable bonds is 4. The quantitative estimate of drug-likeness (QED) is 0.837. The first kappa shape index (κ1) is 12.6. The van der Waals surface area contributed by atoms with Gasteiger partial charge in [0.15, 0.2) is 0 Å². The first-order valence-electron chi connectivity index (χ1n) is 6.48. The average molecular weight is 233 g/mol. The molecule has 1 aliphatic carbocycles. The molecule has 2 heteroatoms. The lowest BCUT2D eigenvalue weighted by Crippen LogP contribution is -2.56. The zero-order valence-electron chi connectivity index (χ0n) is 11.0. The third-order valence-corrected chi connectivity index (χ3v) is 4.13. The summed E-state index contributed by atoms with van der Waals surface area (Å²) in [5.41, 5.74) is 1.71. The van der Waals surface area contributed by atoms with Gasteiger partial charge in [-0.15, -0.1) is 0 Å². The molecule has 0 spiro atoms. The molecule has 2 N–H and O–H groups in total. The Morgan fingerprint density at radius 1 is 1.35 bits per heavy atom. The van der Waals surface area contributed by atoms with Crippen LogP contribution in [0.25, 0.3) is 0 Å². The zero-order chi connectivity index (χ0) is 12.5. The second-order valence-electron chi connectivity index (χ2n) is 5.83. The number of hydrogen-bond donors (Lipinski definition) is 2. The van der Waals surface area contributed by atoms with Crippen molar-refractivity contribution in [3.63, 3.8) is 0 Å². The number of nitrogens with one attached hydrogen (secondary N) is 1. The van der Waals surface area contributed by atoms with E-state index in [9.17, 15) is 5.11 Å². The minimum absolute atomic E-state index is 0.262. The first-order chi connectivity index (χ1) is 8.01. The largest absolute Gasteiger partial charge is 0.392 e. The van der Waals surface area contributed by atoms with Crippen LogP contribution in [-0.2, 0) is 0 Å². The fourth-order valence-electron chi connectivity index (χ4n) is 2.84. The smallest absolute Gasteiger partial charge is 0.0636 e. The summed E-state index contributed by atoms with van der Waals surface area (Å²) in [6.45, 7) is 7.14. The Morgan fingerprint density at radius 2 is 2.00 bits per heavy atom. The van der Waals surface area contributed by atoms with E-state index in [2.05, 4.69) is 49.5 Å². The van der Waals surface area contributed by atoms with Crippen molar-refractivity contribution in [1.29, 1.82) is 0 Å². The van der Waals surface area contributed by atoms with E-state index < -0.39 is 0 Å². The molecule has 3 atom stereocenters. The highest BCUT2D eigenvalue weighted by Gasteiger charge is 2.48. The Hall–Kier alpha value is -0.860. The average Bonchev–Trinajstić information content (AvgIpc) is 2.28. The van der Waals surface area contributed by atoms with Crippen LogP contribution in [0.5, 0.6) is 0 Å². The van der Waals surface area contributed by atoms with Crippen LogP contribution in [0.15, 0.2) is 30.3 Å². The molecule has 1 aliphatic rings. The van der Waals surface area contributed by atoms with Crippen molar-refractivity contribution in [2.45, 2.75) is 45.3 Å². The van der Waals surface area contributed by atoms with Crippen LogP contribution >= 0.6 is 0 Å². The van der Waals surface area contributed by atoms with E-state index >= 15 is 0 Å². The third kappa shape index (κ3) is 2.53. The molecule has 1 saturated carbocycles. The highest BCUT2D eigenvalue weighted by Crippen LogP contribution is 2.52. The predicted molar refractivity (Wildman–Crippen MR) is 71.1 cm³/mol. The van der Waals surface area contributed by atoms with E-state index in [1.54, 1.807) is 0 Å². The molecule has 0 unspecified atom stereocenters. The van der Waals surface area contributed by atoms with Crippen LogP contribution in [0.2, 0.25) is 0 Å². The van der Waals surface area contributed by atoms with Gasteiger partial charge in [-0.05, 0) is 30.2 Å². The highest BCUT2D eigenvalue weighted by atomic mass is 16.3. The molecule has 1 fully saturated rings. The summed E-state index contributed by atoms with van der Waals surface area (Å²) in [7, 11) is 0. The van der Waals surface area contributed by atoms with Gasteiger partial charge in [0.1, 0.15) is 0 Å². The van der Waals surface area contributed by atoms with Crippen LogP contribution in [-0.4, -0.2) is 23.8 Å². The summed E-state index contributed by atoms with van der Waals surface area (Å²) >= 11 is 0. The Labute approximate surface area is 104 Å². The minimum Gasteiger partial charge on any atom is -0.392 e. The Kier molecular flexibility index (Phi) is 3.55. The van der Waals surface area contributed by atoms with E-state index in [-0.39, 0.29) is 11.5 Å². The van der Waals surface area contributed by atoms with Gasteiger partial charge in [-0.3, -0.25) is 0 Å². The predicted octanol–water partition coefficient (Wildman–Crippen LogP) is 2.54. The van der Waals surface area contributed by atoms with Crippen molar-refractivity contribution < 1.29 is 5.11 Å². The van der Waals surface area contributed by atoms with Gasteiger partial charge < -0.3 is 10.4 Å². The van der Waals surface area contributed by atoms with Crippen molar-refractivity contribution in [1.82, 2.24) is 5.32 Å². The lowest BCUT2D eigenvalue weighted by Gasteiger charge is -2.53. The molecule has 2 nitrogen and oxygen atoms in total. The number of benzene rings is 1. The Morgan fingerprint density at radius 3 is 2.53 bits per heavy atom. The van der Waals surface area contributed by atoms with Crippen LogP contribution in [0.1, 0.15) is 38.7 Å². The Bertz CT molecular complexity index is 358.